The van der Waals surface area contributed by atoms with E-state index in [-0.39, 0.29) is 0 Å². The molecular weight excluding hydrogens is 234 g/mol. The van der Waals surface area contributed by atoms with Crippen LogP contribution in [0, 0.1) is 5.92 Å². The molecule has 0 aliphatic heterocycles. The minimum absolute atomic E-state index is 0.372. The Morgan fingerprint density at radius 2 is 2.21 bits per heavy atom. The van der Waals surface area contributed by atoms with Gasteiger partial charge in [-0.2, -0.15) is 0 Å². The first-order valence-corrected chi connectivity index (χ1v) is 7.69. The molecule has 19 heavy (non-hydrogen) atoms. The van der Waals surface area contributed by atoms with Gasteiger partial charge in [-0.05, 0) is 51.6 Å². The summed E-state index contributed by atoms with van der Waals surface area (Å²) < 4.78 is 0. The van der Waals surface area contributed by atoms with Gasteiger partial charge in [-0.3, -0.25) is 0 Å². The molecule has 3 nitrogen and oxygen atoms in total. The molecule has 106 valence electrons. The quantitative estimate of drug-likeness (QED) is 0.777. The summed E-state index contributed by atoms with van der Waals surface area (Å²) >= 11 is 0. The van der Waals surface area contributed by atoms with E-state index < -0.39 is 0 Å². The molecule has 0 aromatic carbocycles. The van der Waals surface area contributed by atoms with Crippen LogP contribution in [0.5, 0.6) is 0 Å². The minimum atomic E-state index is 0.372. The fraction of sp³-hybridized carbons (Fsp3) is 0.688. The normalized spacial score (nSPS) is 16.4. The summed E-state index contributed by atoms with van der Waals surface area (Å²) in [5, 5.41) is 3.57. The van der Waals surface area contributed by atoms with E-state index in [1.807, 2.05) is 12.3 Å². The highest BCUT2D eigenvalue weighted by atomic mass is 15.2. The molecule has 1 N–H and O–H groups in total. The summed E-state index contributed by atoms with van der Waals surface area (Å²) in [6, 6.07) is 4.64. The van der Waals surface area contributed by atoms with E-state index in [0.29, 0.717) is 6.04 Å². The number of anilines is 1. The van der Waals surface area contributed by atoms with Crippen LogP contribution in [0.3, 0.4) is 0 Å². The molecular formula is C16H27N3. The maximum Gasteiger partial charge on any atom is 0.133 e. The second-order valence-electron chi connectivity index (χ2n) is 5.57. The zero-order chi connectivity index (χ0) is 13.7. The third kappa shape index (κ3) is 3.93. The molecule has 1 heterocycles. The number of rotatable bonds is 8. The van der Waals surface area contributed by atoms with Crippen LogP contribution in [-0.2, 0) is 0 Å². The molecule has 1 aromatic heterocycles. The first-order chi connectivity index (χ1) is 9.26. The van der Waals surface area contributed by atoms with E-state index in [9.17, 15) is 0 Å². The minimum Gasteiger partial charge on any atom is -0.356 e. The van der Waals surface area contributed by atoms with Gasteiger partial charge in [0.25, 0.3) is 0 Å². The Balaban J connectivity index is 2.13. The van der Waals surface area contributed by atoms with E-state index in [2.05, 4.69) is 42.0 Å². The first kappa shape index (κ1) is 14.3. The van der Waals surface area contributed by atoms with Gasteiger partial charge >= 0.3 is 0 Å². The van der Waals surface area contributed by atoms with Crippen molar-refractivity contribution < 1.29 is 0 Å². The molecule has 1 atom stereocenters. The van der Waals surface area contributed by atoms with Crippen LogP contribution in [0.1, 0.15) is 51.6 Å². The largest absolute Gasteiger partial charge is 0.356 e. The molecule has 0 radical (unpaired) electrons. The monoisotopic (exact) mass is 261 g/mol. The molecule has 1 fully saturated rings. The van der Waals surface area contributed by atoms with Crippen LogP contribution < -0.4 is 10.2 Å². The summed E-state index contributed by atoms with van der Waals surface area (Å²) in [6.45, 7) is 9.94. The number of pyridine rings is 1. The number of hydrogen-bond acceptors (Lipinski definition) is 3. The molecule has 1 unspecified atom stereocenters. The topological polar surface area (TPSA) is 28.2 Å². The van der Waals surface area contributed by atoms with Crippen molar-refractivity contribution in [2.75, 3.05) is 24.5 Å². The van der Waals surface area contributed by atoms with Crippen LogP contribution >= 0.6 is 0 Å². The molecule has 1 aliphatic rings. The van der Waals surface area contributed by atoms with Crippen LogP contribution in [0.25, 0.3) is 0 Å². The third-order valence-corrected chi connectivity index (χ3v) is 3.84. The smallest absolute Gasteiger partial charge is 0.133 e. The number of nitrogens with one attached hydrogen (secondary N) is 1. The van der Waals surface area contributed by atoms with E-state index in [1.54, 1.807) is 0 Å². The average molecular weight is 261 g/mol. The Kier molecular flexibility index (Phi) is 5.20. The van der Waals surface area contributed by atoms with Crippen molar-refractivity contribution in [3.05, 3.63) is 23.9 Å². The Bertz CT molecular complexity index is 387. The van der Waals surface area contributed by atoms with Crippen molar-refractivity contribution in [1.29, 1.82) is 0 Å². The van der Waals surface area contributed by atoms with Crippen LogP contribution in [0.15, 0.2) is 18.3 Å². The van der Waals surface area contributed by atoms with Gasteiger partial charge in [0.15, 0.2) is 0 Å². The molecule has 1 aromatic rings. The van der Waals surface area contributed by atoms with Crippen molar-refractivity contribution in [2.24, 2.45) is 5.92 Å². The lowest BCUT2D eigenvalue weighted by Crippen LogP contribution is -2.29. The van der Waals surface area contributed by atoms with E-state index in [4.69, 9.17) is 0 Å². The molecule has 0 spiro atoms. The standard InChI is InChI=1S/C16H27N3/c1-4-10-17-13(3)15-7-6-11-18-16(15)19(5-2)12-14-8-9-14/h6-7,11,13-14,17H,4-5,8-10,12H2,1-3H3. The van der Waals surface area contributed by atoms with E-state index >= 15 is 0 Å². The summed E-state index contributed by atoms with van der Waals surface area (Å²) in [5.74, 6) is 2.07. The highest BCUT2D eigenvalue weighted by molar-refractivity contribution is 5.48. The van der Waals surface area contributed by atoms with Gasteiger partial charge in [0, 0.05) is 30.9 Å². The number of nitrogens with zero attached hydrogens (tertiary/aromatic N) is 2. The fourth-order valence-corrected chi connectivity index (χ4v) is 2.46. The van der Waals surface area contributed by atoms with E-state index in [0.717, 1.165) is 19.0 Å². The maximum atomic E-state index is 4.65. The van der Waals surface area contributed by atoms with Gasteiger partial charge in [0.1, 0.15) is 5.82 Å². The van der Waals surface area contributed by atoms with E-state index in [1.165, 1.54) is 37.2 Å². The average Bonchev–Trinajstić information content (AvgIpc) is 3.26. The summed E-state index contributed by atoms with van der Waals surface area (Å²) in [7, 11) is 0. The highest BCUT2D eigenvalue weighted by Crippen LogP contribution is 2.32. The van der Waals surface area contributed by atoms with Crippen LogP contribution in [0.4, 0.5) is 5.82 Å². The first-order valence-electron chi connectivity index (χ1n) is 7.69. The van der Waals surface area contributed by atoms with Gasteiger partial charge in [0.2, 0.25) is 0 Å². The Morgan fingerprint density at radius 3 is 2.84 bits per heavy atom. The van der Waals surface area contributed by atoms with Crippen molar-refractivity contribution in [1.82, 2.24) is 10.3 Å². The highest BCUT2D eigenvalue weighted by Gasteiger charge is 2.25. The molecule has 3 heteroatoms. The van der Waals surface area contributed by atoms with Gasteiger partial charge in [-0.1, -0.05) is 13.0 Å². The lowest BCUT2D eigenvalue weighted by molar-refractivity contribution is 0.566. The second kappa shape index (κ2) is 6.90. The zero-order valence-corrected chi connectivity index (χ0v) is 12.5. The van der Waals surface area contributed by atoms with Crippen LogP contribution in [-0.4, -0.2) is 24.6 Å². The molecule has 0 saturated heterocycles. The summed E-state index contributed by atoms with van der Waals surface area (Å²) in [6.07, 6.45) is 5.87. The van der Waals surface area contributed by atoms with Gasteiger partial charge in [0.05, 0.1) is 0 Å². The molecule has 0 amide bonds. The number of hydrogen-bond donors (Lipinski definition) is 1. The maximum absolute atomic E-state index is 4.65. The Labute approximate surface area is 117 Å². The van der Waals surface area contributed by atoms with Gasteiger partial charge < -0.3 is 10.2 Å². The molecule has 0 bridgehead atoms. The summed E-state index contributed by atoms with van der Waals surface area (Å²) in [4.78, 5) is 7.09. The third-order valence-electron chi connectivity index (χ3n) is 3.84. The number of aromatic nitrogens is 1. The van der Waals surface area contributed by atoms with Crippen molar-refractivity contribution in [3.63, 3.8) is 0 Å². The van der Waals surface area contributed by atoms with Crippen molar-refractivity contribution >= 4 is 5.82 Å². The molecule has 1 aliphatic carbocycles. The fourth-order valence-electron chi connectivity index (χ4n) is 2.46. The Morgan fingerprint density at radius 1 is 1.42 bits per heavy atom. The zero-order valence-electron chi connectivity index (χ0n) is 12.5. The SMILES string of the molecule is CCCNC(C)c1cccnc1N(CC)CC1CC1. The lowest BCUT2D eigenvalue weighted by atomic mass is 10.1. The van der Waals surface area contributed by atoms with Crippen molar-refractivity contribution in [3.8, 4) is 0 Å². The van der Waals surface area contributed by atoms with Gasteiger partial charge in [-0.15, -0.1) is 0 Å². The predicted octanol–water partition coefficient (Wildman–Crippen LogP) is 3.38. The van der Waals surface area contributed by atoms with Crippen LogP contribution in [0.2, 0.25) is 0 Å². The molecule has 1 saturated carbocycles. The Hall–Kier alpha value is -1.09. The second-order valence-corrected chi connectivity index (χ2v) is 5.57. The summed E-state index contributed by atoms with van der Waals surface area (Å²) in [5.41, 5.74) is 1.33. The lowest BCUT2D eigenvalue weighted by Gasteiger charge is -2.26. The predicted molar refractivity (Wildman–Crippen MR) is 81.6 cm³/mol. The molecule has 2 rings (SSSR count). The van der Waals surface area contributed by atoms with Gasteiger partial charge in [-0.25, -0.2) is 4.98 Å². The van der Waals surface area contributed by atoms with Crippen molar-refractivity contribution in [2.45, 2.75) is 46.1 Å².